The van der Waals surface area contributed by atoms with E-state index < -0.39 is 6.04 Å². The Hall–Kier alpha value is -1.01. The summed E-state index contributed by atoms with van der Waals surface area (Å²) in [6.07, 6.45) is 2.06. The standard InChI is InChI=1S/C14H21N3O2.2ClH/c1-10(15)14(18)17-12-4-2-11(3-5-12)16-13-6-8-19-9-7-13;;/h2-5,10,13,16H,6-9,15H2,1H3,(H,17,18);2*1H/t10-;;/m1../s1. The van der Waals surface area contributed by atoms with Crippen molar-refractivity contribution >= 4 is 42.1 Å². The molecule has 0 bridgehead atoms. The third-order valence-electron chi connectivity index (χ3n) is 3.16. The van der Waals surface area contributed by atoms with Crippen molar-refractivity contribution in [1.82, 2.24) is 0 Å². The number of rotatable bonds is 4. The third-order valence-corrected chi connectivity index (χ3v) is 3.16. The van der Waals surface area contributed by atoms with Gasteiger partial charge in [0.15, 0.2) is 0 Å². The summed E-state index contributed by atoms with van der Waals surface area (Å²) in [4.78, 5) is 11.4. The molecule has 7 heteroatoms. The van der Waals surface area contributed by atoms with Gasteiger partial charge < -0.3 is 21.1 Å². The second-order valence-corrected chi connectivity index (χ2v) is 4.89. The van der Waals surface area contributed by atoms with Gasteiger partial charge in [-0.3, -0.25) is 4.79 Å². The zero-order valence-electron chi connectivity index (χ0n) is 12.0. The molecule has 0 aromatic heterocycles. The summed E-state index contributed by atoms with van der Waals surface area (Å²) in [5, 5.41) is 6.23. The van der Waals surface area contributed by atoms with E-state index in [1.165, 1.54) is 0 Å². The highest BCUT2D eigenvalue weighted by Gasteiger charge is 2.13. The van der Waals surface area contributed by atoms with Crippen LogP contribution in [-0.4, -0.2) is 31.2 Å². The molecule has 1 atom stereocenters. The van der Waals surface area contributed by atoms with Crippen LogP contribution in [0.25, 0.3) is 0 Å². The van der Waals surface area contributed by atoms with E-state index in [2.05, 4.69) is 10.6 Å². The number of nitrogens with two attached hydrogens (primary N) is 1. The largest absolute Gasteiger partial charge is 0.382 e. The van der Waals surface area contributed by atoms with Crippen LogP contribution in [0.15, 0.2) is 24.3 Å². The molecular weight excluding hydrogens is 313 g/mol. The summed E-state index contributed by atoms with van der Waals surface area (Å²) in [7, 11) is 0. The molecule has 120 valence electrons. The van der Waals surface area contributed by atoms with Gasteiger partial charge >= 0.3 is 0 Å². The Morgan fingerprint density at radius 3 is 2.24 bits per heavy atom. The second kappa shape index (κ2) is 9.84. The molecule has 1 aromatic carbocycles. The Labute approximate surface area is 137 Å². The molecule has 5 nitrogen and oxygen atoms in total. The lowest BCUT2D eigenvalue weighted by Gasteiger charge is -2.24. The quantitative estimate of drug-likeness (QED) is 0.789. The van der Waals surface area contributed by atoms with Crippen LogP contribution < -0.4 is 16.4 Å². The Morgan fingerprint density at radius 1 is 1.19 bits per heavy atom. The molecule has 4 N–H and O–H groups in total. The average Bonchev–Trinajstić information content (AvgIpc) is 2.42. The number of hydrogen-bond donors (Lipinski definition) is 3. The summed E-state index contributed by atoms with van der Waals surface area (Å²) in [6.45, 7) is 3.30. The molecule has 0 aliphatic carbocycles. The normalized spacial score (nSPS) is 16.1. The molecule has 1 aromatic rings. The van der Waals surface area contributed by atoms with E-state index in [-0.39, 0.29) is 30.7 Å². The average molecular weight is 336 g/mol. The smallest absolute Gasteiger partial charge is 0.240 e. The van der Waals surface area contributed by atoms with E-state index in [0.29, 0.717) is 6.04 Å². The Balaban J connectivity index is 0.00000200. The number of nitrogens with one attached hydrogen (secondary N) is 2. The van der Waals surface area contributed by atoms with E-state index in [1.54, 1.807) is 6.92 Å². The predicted molar refractivity (Wildman–Crippen MR) is 90.7 cm³/mol. The van der Waals surface area contributed by atoms with Crippen molar-refractivity contribution in [3.05, 3.63) is 24.3 Å². The number of ether oxygens (including phenoxy) is 1. The van der Waals surface area contributed by atoms with E-state index in [9.17, 15) is 4.79 Å². The van der Waals surface area contributed by atoms with Crippen LogP contribution in [-0.2, 0) is 9.53 Å². The Bertz CT molecular complexity index is 421. The van der Waals surface area contributed by atoms with Gasteiger partial charge in [0, 0.05) is 30.6 Å². The van der Waals surface area contributed by atoms with Crippen molar-refractivity contribution in [2.45, 2.75) is 31.8 Å². The summed E-state index contributed by atoms with van der Waals surface area (Å²) in [6, 6.07) is 7.65. The molecule has 0 saturated carbocycles. The first-order valence-electron chi connectivity index (χ1n) is 6.66. The van der Waals surface area contributed by atoms with Gasteiger partial charge in [-0.15, -0.1) is 24.8 Å². The lowest BCUT2D eigenvalue weighted by Crippen LogP contribution is -2.32. The molecule has 0 unspecified atom stereocenters. The summed E-state index contributed by atoms with van der Waals surface area (Å²) in [5.74, 6) is -0.176. The van der Waals surface area contributed by atoms with E-state index in [1.807, 2.05) is 24.3 Å². The van der Waals surface area contributed by atoms with Crippen LogP contribution in [0, 0.1) is 0 Å². The van der Waals surface area contributed by atoms with Gasteiger partial charge in [0.2, 0.25) is 5.91 Å². The number of benzene rings is 1. The fourth-order valence-electron chi connectivity index (χ4n) is 1.98. The number of halogens is 2. The van der Waals surface area contributed by atoms with Gasteiger partial charge in [-0.1, -0.05) is 0 Å². The Kier molecular flexibility index (Phi) is 9.37. The van der Waals surface area contributed by atoms with Gasteiger partial charge in [-0.2, -0.15) is 0 Å². The highest BCUT2D eigenvalue weighted by molar-refractivity contribution is 5.94. The maximum atomic E-state index is 11.4. The zero-order valence-corrected chi connectivity index (χ0v) is 13.6. The van der Waals surface area contributed by atoms with Crippen LogP contribution in [0.5, 0.6) is 0 Å². The monoisotopic (exact) mass is 335 g/mol. The number of carbonyl (C=O) groups is 1. The zero-order chi connectivity index (χ0) is 13.7. The van der Waals surface area contributed by atoms with Gasteiger partial charge in [0.1, 0.15) is 0 Å². The fourth-order valence-corrected chi connectivity index (χ4v) is 1.98. The molecule has 0 spiro atoms. The van der Waals surface area contributed by atoms with Crippen molar-refractivity contribution < 1.29 is 9.53 Å². The maximum absolute atomic E-state index is 11.4. The summed E-state index contributed by atoms with van der Waals surface area (Å²) < 4.78 is 5.32. The summed E-state index contributed by atoms with van der Waals surface area (Å²) in [5.41, 5.74) is 7.33. The minimum absolute atomic E-state index is 0. The molecule has 1 aliphatic rings. The minimum Gasteiger partial charge on any atom is -0.382 e. The van der Waals surface area contributed by atoms with Crippen molar-refractivity contribution in [3.8, 4) is 0 Å². The molecule has 21 heavy (non-hydrogen) atoms. The number of anilines is 2. The van der Waals surface area contributed by atoms with Gasteiger partial charge in [0.25, 0.3) is 0 Å². The van der Waals surface area contributed by atoms with Crippen molar-refractivity contribution in [2.75, 3.05) is 23.8 Å². The SMILES string of the molecule is C[C@@H](N)C(=O)Nc1ccc(NC2CCOCC2)cc1.Cl.Cl. The van der Waals surface area contributed by atoms with Crippen molar-refractivity contribution in [3.63, 3.8) is 0 Å². The van der Waals surface area contributed by atoms with Crippen molar-refractivity contribution in [2.24, 2.45) is 5.73 Å². The molecule has 1 saturated heterocycles. The van der Waals surface area contributed by atoms with Crippen LogP contribution in [0.1, 0.15) is 19.8 Å². The minimum atomic E-state index is -0.500. The number of amides is 1. The highest BCUT2D eigenvalue weighted by atomic mass is 35.5. The van der Waals surface area contributed by atoms with E-state index >= 15 is 0 Å². The van der Waals surface area contributed by atoms with Gasteiger partial charge in [-0.25, -0.2) is 0 Å². The predicted octanol–water partition coefficient (Wildman–Crippen LogP) is 2.41. The summed E-state index contributed by atoms with van der Waals surface area (Å²) >= 11 is 0. The lowest BCUT2D eigenvalue weighted by molar-refractivity contribution is -0.117. The first-order valence-corrected chi connectivity index (χ1v) is 6.66. The molecule has 1 amide bonds. The third kappa shape index (κ3) is 6.52. The first-order chi connectivity index (χ1) is 9.15. The van der Waals surface area contributed by atoms with Crippen LogP contribution >= 0.6 is 24.8 Å². The maximum Gasteiger partial charge on any atom is 0.240 e. The molecule has 1 fully saturated rings. The molecule has 1 heterocycles. The van der Waals surface area contributed by atoms with Crippen LogP contribution in [0.4, 0.5) is 11.4 Å². The van der Waals surface area contributed by atoms with E-state index in [0.717, 1.165) is 37.4 Å². The topological polar surface area (TPSA) is 76.4 Å². The van der Waals surface area contributed by atoms with Crippen molar-refractivity contribution in [1.29, 1.82) is 0 Å². The van der Waals surface area contributed by atoms with Gasteiger partial charge in [-0.05, 0) is 44.0 Å². The Morgan fingerprint density at radius 2 is 1.71 bits per heavy atom. The molecule has 0 radical (unpaired) electrons. The molecular formula is C14H23Cl2N3O2. The van der Waals surface area contributed by atoms with Gasteiger partial charge in [0.05, 0.1) is 6.04 Å². The van der Waals surface area contributed by atoms with Crippen LogP contribution in [0.3, 0.4) is 0 Å². The number of carbonyl (C=O) groups excluding carboxylic acids is 1. The highest BCUT2D eigenvalue weighted by Crippen LogP contribution is 2.17. The molecule has 2 rings (SSSR count). The van der Waals surface area contributed by atoms with Crippen LogP contribution in [0.2, 0.25) is 0 Å². The fraction of sp³-hybridized carbons (Fsp3) is 0.500. The van der Waals surface area contributed by atoms with E-state index in [4.69, 9.17) is 10.5 Å². The molecule has 1 aliphatic heterocycles. The number of hydrogen-bond acceptors (Lipinski definition) is 4. The second-order valence-electron chi connectivity index (χ2n) is 4.89. The first kappa shape index (κ1) is 20.0. The lowest BCUT2D eigenvalue weighted by atomic mass is 10.1.